The molecule has 44 valence electrons. The van der Waals surface area contributed by atoms with Crippen LogP contribution in [0.2, 0.25) is 0 Å². The van der Waals surface area contributed by atoms with Gasteiger partial charge < -0.3 is 0 Å². The van der Waals surface area contributed by atoms with Crippen molar-refractivity contribution in [1.29, 1.82) is 0 Å². The summed E-state index contributed by atoms with van der Waals surface area (Å²) >= 11 is 2.07. The summed E-state index contributed by atoms with van der Waals surface area (Å²) in [7, 11) is 0. The molecule has 0 aromatic heterocycles. The van der Waals surface area contributed by atoms with Gasteiger partial charge in [-0.05, 0) is 13.8 Å². The minimum Gasteiger partial charge on any atom is -0.243 e. The highest BCUT2D eigenvalue weighted by molar-refractivity contribution is 14.1. The maximum absolute atomic E-state index is 12.5. The number of hydrogen-bond acceptors (Lipinski definition) is 0. The topological polar surface area (TPSA) is 0 Å². The second-order valence-electron chi connectivity index (χ2n) is 2.18. The van der Waals surface area contributed by atoms with Gasteiger partial charge in [0.1, 0.15) is 5.67 Å². The van der Waals surface area contributed by atoms with Gasteiger partial charge in [-0.3, -0.25) is 0 Å². The van der Waals surface area contributed by atoms with Crippen molar-refractivity contribution in [2.24, 2.45) is 0 Å². The van der Waals surface area contributed by atoms with E-state index in [2.05, 4.69) is 22.6 Å². The summed E-state index contributed by atoms with van der Waals surface area (Å²) < 4.78 is 12.6. The number of hydrogen-bond donors (Lipinski definition) is 0. The molecule has 0 bridgehead atoms. The zero-order chi connectivity index (χ0) is 6.08. The van der Waals surface area contributed by atoms with Gasteiger partial charge in [0.2, 0.25) is 0 Å². The Bertz CT molecular complexity index is 53.6. The van der Waals surface area contributed by atoms with Crippen molar-refractivity contribution in [1.82, 2.24) is 0 Å². The maximum Gasteiger partial charge on any atom is 0.116 e. The van der Waals surface area contributed by atoms with E-state index in [9.17, 15) is 4.39 Å². The number of rotatable bonds is 1. The van der Waals surface area contributed by atoms with Gasteiger partial charge in [-0.2, -0.15) is 0 Å². The van der Waals surface area contributed by atoms with E-state index < -0.39 is 5.67 Å². The minimum absolute atomic E-state index is 0.102. The van der Waals surface area contributed by atoms with Crippen LogP contribution in [0.25, 0.3) is 0 Å². The third kappa shape index (κ3) is 3.26. The van der Waals surface area contributed by atoms with Crippen molar-refractivity contribution in [3.05, 3.63) is 0 Å². The normalized spacial score (nSPS) is 16.7. The van der Waals surface area contributed by atoms with Crippen molar-refractivity contribution in [2.75, 3.05) is 0 Å². The third-order valence-corrected chi connectivity index (χ3v) is 2.43. The summed E-state index contributed by atoms with van der Waals surface area (Å²) in [5, 5.41) is 0. The Balaban J connectivity index is 3.54. The molecule has 0 fully saturated rings. The van der Waals surface area contributed by atoms with Crippen molar-refractivity contribution in [3.63, 3.8) is 0 Å². The molecule has 0 amide bonds. The van der Waals surface area contributed by atoms with E-state index in [4.69, 9.17) is 0 Å². The Hall–Kier alpha value is 0.660. The fourth-order valence-corrected chi connectivity index (χ4v) is 0. The van der Waals surface area contributed by atoms with Gasteiger partial charge in [0, 0.05) is 3.92 Å². The summed E-state index contributed by atoms with van der Waals surface area (Å²) in [6, 6.07) is 0. The molecular weight excluding hydrogens is 206 g/mol. The van der Waals surface area contributed by atoms with Crippen LogP contribution < -0.4 is 0 Å². The third-order valence-electron chi connectivity index (χ3n) is 0.946. The Labute approximate surface area is 57.6 Å². The van der Waals surface area contributed by atoms with Crippen LogP contribution in [0, 0.1) is 0 Å². The van der Waals surface area contributed by atoms with Gasteiger partial charge in [-0.1, -0.05) is 29.5 Å². The smallest absolute Gasteiger partial charge is 0.116 e. The zero-order valence-corrected chi connectivity index (χ0v) is 6.99. The molecule has 0 heterocycles. The molecule has 0 N–H and O–H groups in total. The lowest BCUT2D eigenvalue weighted by molar-refractivity contribution is 0.224. The summed E-state index contributed by atoms with van der Waals surface area (Å²) in [4.78, 5) is 0. The Morgan fingerprint density at radius 1 is 1.57 bits per heavy atom. The standard InChI is InChI=1S/C5H10FI/c1-4(7)5(2,3)6/h4H,1-3H3/t4-/m0/s1. The van der Waals surface area contributed by atoms with Crippen LogP contribution in [0.4, 0.5) is 4.39 Å². The molecule has 0 saturated heterocycles. The highest BCUT2D eigenvalue weighted by Crippen LogP contribution is 2.20. The molecule has 0 unspecified atom stereocenters. The van der Waals surface area contributed by atoms with E-state index in [0.717, 1.165) is 0 Å². The predicted molar refractivity (Wildman–Crippen MR) is 38.7 cm³/mol. The van der Waals surface area contributed by atoms with Crippen LogP contribution in [-0.2, 0) is 0 Å². The van der Waals surface area contributed by atoms with E-state index >= 15 is 0 Å². The molecule has 0 aliphatic rings. The fourth-order valence-electron chi connectivity index (χ4n) is 0. The highest BCUT2D eigenvalue weighted by Gasteiger charge is 2.21. The largest absolute Gasteiger partial charge is 0.243 e. The summed E-state index contributed by atoms with van der Waals surface area (Å²) in [6.07, 6.45) is 0. The lowest BCUT2D eigenvalue weighted by Gasteiger charge is -2.15. The van der Waals surface area contributed by atoms with Crippen LogP contribution in [0.15, 0.2) is 0 Å². The summed E-state index contributed by atoms with van der Waals surface area (Å²) in [6.45, 7) is 5.04. The predicted octanol–water partition coefficient (Wildman–Crippen LogP) is 2.56. The minimum atomic E-state index is -1.01. The van der Waals surface area contributed by atoms with Crippen molar-refractivity contribution < 1.29 is 4.39 Å². The molecular formula is C5H10FI. The molecule has 7 heavy (non-hydrogen) atoms. The Morgan fingerprint density at radius 2 is 1.71 bits per heavy atom. The first-order chi connectivity index (χ1) is 2.94. The first kappa shape index (κ1) is 7.66. The molecule has 1 atom stereocenters. The first-order valence-corrected chi connectivity index (χ1v) is 3.52. The molecule has 0 nitrogen and oxygen atoms in total. The van der Waals surface area contributed by atoms with Gasteiger partial charge in [0.05, 0.1) is 0 Å². The van der Waals surface area contributed by atoms with Crippen LogP contribution in [-0.4, -0.2) is 9.59 Å². The molecule has 0 aromatic carbocycles. The molecule has 0 rings (SSSR count). The average molecular weight is 216 g/mol. The van der Waals surface area contributed by atoms with Gasteiger partial charge in [0.25, 0.3) is 0 Å². The Morgan fingerprint density at radius 3 is 1.71 bits per heavy atom. The molecule has 0 radical (unpaired) electrons. The molecule has 0 aromatic rings. The van der Waals surface area contributed by atoms with E-state index in [1.165, 1.54) is 0 Å². The van der Waals surface area contributed by atoms with Crippen LogP contribution in [0.3, 0.4) is 0 Å². The molecule has 0 spiro atoms. The van der Waals surface area contributed by atoms with Gasteiger partial charge in [-0.25, -0.2) is 4.39 Å². The Kier molecular flexibility index (Phi) is 2.50. The summed E-state index contributed by atoms with van der Waals surface area (Å²) in [5.41, 5.74) is -1.01. The second kappa shape index (κ2) is 2.29. The fraction of sp³-hybridized carbons (Fsp3) is 1.00. The average Bonchev–Trinajstić information content (AvgIpc) is 1.31. The molecule has 2 heteroatoms. The number of alkyl halides is 2. The van der Waals surface area contributed by atoms with Crippen LogP contribution in [0.1, 0.15) is 20.8 Å². The zero-order valence-electron chi connectivity index (χ0n) is 4.83. The monoisotopic (exact) mass is 216 g/mol. The van der Waals surface area contributed by atoms with Gasteiger partial charge in [0.15, 0.2) is 0 Å². The molecule has 0 aliphatic carbocycles. The second-order valence-corrected chi connectivity index (χ2v) is 4.05. The van der Waals surface area contributed by atoms with Crippen LogP contribution >= 0.6 is 22.6 Å². The lowest BCUT2D eigenvalue weighted by atomic mass is 10.1. The maximum atomic E-state index is 12.5. The quantitative estimate of drug-likeness (QED) is 0.466. The van der Waals surface area contributed by atoms with E-state index in [-0.39, 0.29) is 3.92 Å². The lowest BCUT2D eigenvalue weighted by Crippen LogP contribution is -2.22. The van der Waals surface area contributed by atoms with Gasteiger partial charge in [-0.15, -0.1) is 0 Å². The SMILES string of the molecule is C[C@H](I)C(C)(C)F. The van der Waals surface area contributed by atoms with Crippen molar-refractivity contribution in [3.8, 4) is 0 Å². The van der Waals surface area contributed by atoms with E-state index in [1.807, 2.05) is 6.92 Å². The summed E-state index contributed by atoms with van der Waals surface area (Å²) in [5.74, 6) is 0. The number of halogens is 2. The first-order valence-electron chi connectivity index (χ1n) is 2.27. The molecule has 0 aliphatic heterocycles. The van der Waals surface area contributed by atoms with E-state index in [0.29, 0.717) is 0 Å². The highest BCUT2D eigenvalue weighted by atomic mass is 127. The van der Waals surface area contributed by atoms with Crippen molar-refractivity contribution in [2.45, 2.75) is 30.4 Å². The van der Waals surface area contributed by atoms with Crippen LogP contribution in [0.5, 0.6) is 0 Å². The molecule has 0 saturated carbocycles. The van der Waals surface area contributed by atoms with Crippen molar-refractivity contribution >= 4 is 22.6 Å². The van der Waals surface area contributed by atoms with Gasteiger partial charge >= 0.3 is 0 Å². The van der Waals surface area contributed by atoms with E-state index in [1.54, 1.807) is 13.8 Å².